The number of carbonyl (C=O) groups is 2. The predicted molar refractivity (Wildman–Crippen MR) is 63.5 cm³/mol. The summed E-state index contributed by atoms with van der Waals surface area (Å²) in [4.78, 5) is 21.6. The maximum atomic E-state index is 11.1. The van der Waals surface area contributed by atoms with E-state index in [2.05, 4.69) is 5.32 Å². The minimum Gasteiger partial charge on any atom is -0.497 e. The van der Waals surface area contributed by atoms with Gasteiger partial charge in [0.15, 0.2) is 0 Å². The Morgan fingerprint density at radius 3 is 2.76 bits per heavy atom. The highest BCUT2D eigenvalue weighted by molar-refractivity contribution is 6.34. The van der Waals surface area contributed by atoms with Crippen molar-refractivity contribution in [2.75, 3.05) is 7.11 Å². The molecule has 0 radical (unpaired) electrons. The molecule has 2 amide bonds. The van der Waals surface area contributed by atoms with E-state index in [1.54, 1.807) is 14.0 Å². The molecule has 0 aromatic heterocycles. The average molecular weight is 236 g/mol. The fourth-order valence-electron chi connectivity index (χ4n) is 1.50. The molecule has 0 saturated carbocycles. The fourth-order valence-corrected chi connectivity index (χ4v) is 1.50. The van der Waals surface area contributed by atoms with E-state index in [1.807, 2.05) is 24.3 Å². The van der Waals surface area contributed by atoms with Crippen LogP contribution in [0.1, 0.15) is 12.5 Å². The van der Waals surface area contributed by atoms with E-state index in [4.69, 9.17) is 10.5 Å². The average Bonchev–Trinajstić information content (AvgIpc) is 2.28. The highest BCUT2D eigenvalue weighted by atomic mass is 16.5. The molecule has 0 fully saturated rings. The standard InChI is InChI=1S/C12H16N2O3/c1-8(14-12(16)11(13)15)6-9-4-3-5-10(7-9)17-2/h3-5,7-8H,6H2,1-2H3,(H2,13,15)(H,14,16). The largest absolute Gasteiger partial charge is 0.497 e. The summed E-state index contributed by atoms with van der Waals surface area (Å²) in [6, 6.07) is 7.36. The summed E-state index contributed by atoms with van der Waals surface area (Å²) in [6.07, 6.45) is 0.607. The molecule has 0 spiro atoms. The summed E-state index contributed by atoms with van der Waals surface area (Å²) >= 11 is 0. The topological polar surface area (TPSA) is 81.4 Å². The van der Waals surface area contributed by atoms with Gasteiger partial charge in [-0.2, -0.15) is 0 Å². The zero-order valence-electron chi connectivity index (χ0n) is 9.90. The van der Waals surface area contributed by atoms with Gasteiger partial charge in [0.05, 0.1) is 7.11 Å². The van der Waals surface area contributed by atoms with Gasteiger partial charge in [0.25, 0.3) is 0 Å². The van der Waals surface area contributed by atoms with E-state index < -0.39 is 11.8 Å². The molecule has 1 unspecified atom stereocenters. The van der Waals surface area contributed by atoms with Crippen LogP contribution in [0.4, 0.5) is 0 Å². The second kappa shape index (κ2) is 5.89. The summed E-state index contributed by atoms with van der Waals surface area (Å²) < 4.78 is 5.09. The maximum Gasteiger partial charge on any atom is 0.309 e. The Morgan fingerprint density at radius 2 is 2.18 bits per heavy atom. The summed E-state index contributed by atoms with van der Waals surface area (Å²) in [7, 11) is 1.59. The van der Waals surface area contributed by atoms with Crippen molar-refractivity contribution in [2.45, 2.75) is 19.4 Å². The van der Waals surface area contributed by atoms with Gasteiger partial charge in [-0.25, -0.2) is 0 Å². The number of carbonyl (C=O) groups excluding carboxylic acids is 2. The minimum atomic E-state index is -0.970. The maximum absolute atomic E-state index is 11.1. The van der Waals surface area contributed by atoms with Gasteiger partial charge in [0, 0.05) is 6.04 Å². The van der Waals surface area contributed by atoms with Gasteiger partial charge in [-0.3, -0.25) is 9.59 Å². The molecule has 1 aromatic rings. The van der Waals surface area contributed by atoms with Crippen LogP contribution in [0.15, 0.2) is 24.3 Å². The lowest BCUT2D eigenvalue weighted by Crippen LogP contribution is -2.41. The van der Waals surface area contributed by atoms with Gasteiger partial charge in [-0.15, -0.1) is 0 Å². The summed E-state index contributed by atoms with van der Waals surface area (Å²) in [5, 5.41) is 2.51. The molecule has 92 valence electrons. The van der Waals surface area contributed by atoms with Crippen LogP contribution < -0.4 is 15.8 Å². The molecule has 5 heteroatoms. The van der Waals surface area contributed by atoms with E-state index in [9.17, 15) is 9.59 Å². The Labute approximate surface area is 99.9 Å². The Bertz CT molecular complexity index is 418. The Kier molecular flexibility index (Phi) is 4.51. The molecule has 3 N–H and O–H groups in total. The molecule has 0 aliphatic carbocycles. The van der Waals surface area contributed by atoms with Crippen LogP contribution in [-0.2, 0) is 16.0 Å². The van der Waals surface area contributed by atoms with Crippen LogP contribution in [0.2, 0.25) is 0 Å². The van der Waals surface area contributed by atoms with E-state index in [0.717, 1.165) is 11.3 Å². The van der Waals surface area contributed by atoms with Crippen molar-refractivity contribution in [3.8, 4) is 5.75 Å². The summed E-state index contributed by atoms with van der Waals surface area (Å²) in [5.41, 5.74) is 5.87. The van der Waals surface area contributed by atoms with Gasteiger partial charge in [-0.1, -0.05) is 12.1 Å². The normalized spacial score (nSPS) is 11.6. The quantitative estimate of drug-likeness (QED) is 0.734. The van der Waals surface area contributed by atoms with Crippen LogP contribution in [0, 0.1) is 0 Å². The molecule has 17 heavy (non-hydrogen) atoms. The molecule has 5 nitrogen and oxygen atoms in total. The third-order valence-corrected chi connectivity index (χ3v) is 2.28. The number of hydrogen-bond acceptors (Lipinski definition) is 3. The van der Waals surface area contributed by atoms with Crippen molar-refractivity contribution < 1.29 is 14.3 Å². The first-order valence-electron chi connectivity index (χ1n) is 5.26. The van der Waals surface area contributed by atoms with Crippen LogP contribution in [-0.4, -0.2) is 25.0 Å². The van der Waals surface area contributed by atoms with Crippen LogP contribution >= 0.6 is 0 Å². The molecule has 1 aromatic carbocycles. The molecular weight excluding hydrogens is 220 g/mol. The van der Waals surface area contributed by atoms with Crippen molar-refractivity contribution in [1.82, 2.24) is 5.32 Å². The lowest BCUT2D eigenvalue weighted by atomic mass is 10.1. The van der Waals surface area contributed by atoms with Crippen molar-refractivity contribution in [2.24, 2.45) is 5.73 Å². The number of hydrogen-bond donors (Lipinski definition) is 2. The van der Waals surface area contributed by atoms with Gasteiger partial charge < -0.3 is 15.8 Å². The number of benzene rings is 1. The molecule has 0 aliphatic rings. The first kappa shape index (κ1) is 13.0. The second-order valence-corrected chi connectivity index (χ2v) is 3.79. The number of ether oxygens (including phenoxy) is 1. The first-order chi connectivity index (χ1) is 8.02. The lowest BCUT2D eigenvalue weighted by molar-refractivity contribution is -0.137. The Hall–Kier alpha value is -2.04. The van der Waals surface area contributed by atoms with Crippen molar-refractivity contribution in [1.29, 1.82) is 0 Å². The third-order valence-electron chi connectivity index (χ3n) is 2.28. The molecular formula is C12H16N2O3. The van der Waals surface area contributed by atoms with Gasteiger partial charge >= 0.3 is 11.8 Å². The minimum absolute atomic E-state index is 0.165. The predicted octanol–water partition coefficient (Wildman–Crippen LogP) is 0.228. The van der Waals surface area contributed by atoms with Crippen molar-refractivity contribution in [3.63, 3.8) is 0 Å². The second-order valence-electron chi connectivity index (χ2n) is 3.79. The van der Waals surface area contributed by atoms with Crippen LogP contribution in [0.5, 0.6) is 5.75 Å². The Balaban J connectivity index is 2.58. The Morgan fingerprint density at radius 1 is 1.47 bits per heavy atom. The van der Waals surface area contributed by atoms with Crippen molar-refractivity contribution in [3.05, 3.63) is 29.8 Å². The first-order valence-corrected chi connectivity index (χ1v) is 5.26. The van der Waals surface area contributed by atoms with Gasteiger partial charge in [-0.05, 0) is 31.0 Å². The van der Waals surface area contributed by atoms with E-state index >= 15 is 0 Å². The van der Waals surface area contributed by atoms with Crippen molar-refractivity contribution >= 4 is 11.8 Å². The highest BCUT2D eigenvalue weighted by Crippen LogP contribution is 2.13. The van der Waals surface area contributed by atoms with E-state index in [1.165, 1.54) is 0 Å². The van der Waals surface area contributed by atoms with Crippen LogP contribution in [0.25, 0.3) is 0 Å². The lowest BCUT2D eigenvalue weighted by Gasteiger charge is -2.13. The number of nitrogens with two attached hydrogens (primary N) is 1. The van der Waals surface area contributed by atoms with Crippen LogP contribution in [0.3, 0.4) is 0 Å². The fraction of sp³-hybridized carbons (Fsp3) is 0.333. The summed E-state index contributed by atoms with van der Waals surface area (Å²) in [6.45, 7) is 1.81. The number of nitrogens with one attached hydrogen (secondary N) is 1. The van der Waals surface area contributed by atoms with Gasteiger partial charge in [0.1, 0.15) is 5.75 Å². The SMILES string of the molecule is COc1cccc(CC(C)NC(=O)C(N)=O)c1. The molecule has 1 rings (SSSR count). The highest BCUT2D eigenvalue weighted by Gasteiger charge is 2.12. The monoisotopic (exact) mass is 236 g/mol. The van der Waals surface area contributed by atoms with E-state index in [-0.39, 0.29) is 6.04 Å². The number of methoxy groups -OCH3 is 1. The smallest absolute Gasteiger partial charge is 0.309 e. The number of primary amides is 1. The zero-order valence-corrected chi connectivity index (χ0v) is 9.90. The molecule has 0 bridgehead atoms. The molecule has 0 saturated heterocycles. The number of rotatable bonds is 4. The zero-order chi connectivity index (χ0) is 12.8. The third kappa shape index (κ3) is 4.14. The number of amides is 2. The summed E-state index contributed by atoms with van der Waals surface area (Å²) in [5.74, 6) is -0.973. The van der Waals surface area contributed by atoms with Gasteiger partial charge in [0.2, 0.25) is 0 Å². The molecule has 0 aliphatic heterocycles. The molecule has 0 heterocycles. The van der Waals surface area contributed by atoms with E-state index in [0.29, 0.717) is 6.42 Å². The molecule has 1 atom stereocenters.